The summed E-state index contributed by atoms with van der Waals surface area (Å²) >= 11 is -0.0566. The minimum Gasteiger partial charge on any atom is -0.795 e. The summed E-state index contributed by atoms with van der Waals surface area (Å²) in [5, 5.41) is 19.6. The van der Waals surface area contributed by atoms with Gasteiger partial charge in [0.2, 0.25) is 0 Å². The van der Waals surface area contributed by atoms with Gasteiger partial charge in [-0.3, -0.25) is 9.59 Å². The second kappa shape index (κ2) is 5.82. The summed E-state index contributed by atoms with van der Waals surface area (Å²) in [5.74, 6) is -2.41. The second-order valence-corrected chi connectivity index (χ2v) is 4.89. The number of hydrogen-bond acceptors (Lipinski definition) is 6. The molecule has 0 atom stereocenters. The van der Waals surface area contributed by atoms with Gasteiger partial charge in [0.25, 0.3) is 0 Å². The molecule has 0 bridgehead atoms. The number of benzene rings is 2. The van der Waals surface area contributed by atoms with Crippen molar-refractivity contribution in [1.29, 1.82) is 0 Å². The van der Waals surface area contributed by atoms with E-state index in [4.69, 9.17) is 0 Å². The van der Waals surface area contributed by atoms with Crippen molar-refractivity contribution in [2.24, 2.45) is 0 Å². The number of phenols is 2. The minimum atomic E-state index is -0.728. The first-order valence-corrected chi connectivity index (χ1v) is 6.37. The largest absolute Gasteiger partial charge is 1.00 e. The molecule has 0 heterocycles. The fourth-order valence-electron chi connectivity index (χ4n) is 2.27. The minimum absolute atomic E-state index is 0. The Bertz CT molecular complexity index is 772. The monoisotopic (exact) mass is 310 g/mol. The molecule has 2 aromatic carbocycles. The number of fused-ring (bicyclic) bond motifs is 2. The van der Waals surface area contributed by atoms with E-state index in [2.05, 4.69) is 0 Å². The Labute approximate surface area is 146 Å². The molecule has 5 nitrogen and oxygen atoms in total. The maximum absolute atomic E-state index is 12.3. The fourth-order valence-corrected chi connectivity index (χ4v) is 2.61. The molecule has 0 aliphatic heterocycles. The molecule has 1 aliphatic carbocycles. The van der Waals surface area contributed by atoms with Crippen LogP contribution in [0.3, 0.4) is 0 Å². The van der Waals surface area contributed by atoms with Gasteiger partial charge in [-0.2, -0.15) is 0 Å². The van der Waals surface area contributed by atoms with Crippen LogP contribution in [0.5, 0.6) is 11.5 Å². The van der Waals surface area contributed by atoms with E-state index in [0.29, 0.717) is 0 Å². The van der Waals surface area contributed by atoms with Gasteiger partial charge in [0, 0.05) is 21.6 Å². The smallest absolute Gasteiger partial charge is 0.795 e. The normalized spacial score (nSPS) is 12.4. The van der Waals surface area contributed by atoms with Crippen LogP contribution in [0.1, 0.15) is 31.8 Å². The Balaban J connectivity index is 0.00000161. The van der Waals surface area contributed by atoms with Gasteiger partial charge in [-0.1, -0.05) is 24.3 Å². The summed E-state index contributed by atoms with van der Waals surface area (Å²) in [5.41, 5.74) is 0.0607. The van der Waals surface area contributed by atoms with E-state index < -0.39 is 23.1 Å². The molecule has 0 aromatic heterocycles. The van der Waals surface area contributed by atoms with Gasteiger partial charge in [0.1, 0.15) is 0 Å². The van der Waals surface area contributed by atoms with Gasteiger partial charge in [-0.25, -0.2) is 12.0 Å². The van der Waals surface area contributed by atoms with Crippen molar-refractivity contribution in [2.75, 3.05) is 0 Å². The van der Waals surface area contributed by atoms with Gasteiger partial charge in [0.15, 0.2) is 23.1 Å². The van der Waals surface area contributed by atoms with Crippen LogP contribution in [0.4, 0.5) is 0 Å². The zero-order valence-corrected chi connectivity index (χ0v) is 13.7. The zero-order chi connectivity index (χ0) is 14.4. The molecule has 3 rings (SSSR count). The fraction of sp³-hybridized carbons (Fsp3) is 0. The number of carbonyl (C=O) groups excluding carboxylic acids is 2. The number of carbonyl (C=O) groups is 2. The molecule has 1 aliphatic rings. The average Bonchev–Trinajstić information content (AvgIpc) is 2.47. The summed E-state index contributed by atoms with van der Waals surface area (Å²) < 4.78 is 10.9. The molecule has 0 fully saturated rings. The molecule has 2 N–H and O–H groups in total. The van der Waals surface area contributed by atoms with Gasteiger partial charge in [-0.05, 0) is 6.07 Å². The first-order chi connectivity index (χ1) is 9.56. The number of aromatic hydroxyl groups is 2. The van der Waals surface area contributed by atoms with Gasteiger partial charge < -0.3 is 14.8 Å². The molecule has 21 heavy (non-hydrogen) atoms. The van der Waals surface area contributed by atoms with Crippen molar-refractivity contribution in [3.63, 3.8) is 0 Å². The SMILES string of the molecule is O=C1c2ccccc2C(=O)c2c1cc(S[O-])c(O)c2O.[Na+]. The van der Waals surface area contributed by atoms with Crippen LogP contribution in [-0.4, -0.2) is 26.3 Å². The quantitative estimate of drug-likeness (QED) is 0.343. The average molecular weight is 310 g/mol. The van der Waals surface area contributed by atoms with E-state index in [9.17, 15) is 24.4 Å². The standard InChI is InChI=1S/C14H8O5S.Na/c15-11-6-3-1-2-4-7(6)12(16)10-8(11)5-9(20-19)13(17)14(10)18;/h1-5,17-19H;/q;+1/p-1. The van der Waals surface area contributed by atoms with E-state index in [1.54, 1.807) is 12.1 Å². The first-order valence-electron chi connectivity index (χ1n) is 5.63. The summed E-state index contributed by atoms with van der Waals surface area (Å²) in [7, 11) is 0. The van der Waals surface area contributed by atoms with E-state index in [-0.39, 0.29) is 68.7 Å². The van der Waals surface area contributed by atoms with Crippen molar-refractivity contribution < 1.29 is 53.9 Å². The van der Waals surface area contributed by atoms with Crippen LogP contribution >= 0.6 is 12.0 Å². The Morgan fingerprint density at radius 1 is 0.905 bits per heavy atom. The second-order valence-electron chi connectivity index (χ2n) is 4.28. The molecule has 0 spiro atoms. The molecule has 0 amide bonds. The summed E-state index contributed by atoms with van der Waals surface area (Å²) in [6.07, 6.45) is 0. The molecule has 7 heteroatoms. The van der Waals surface area contributed by atoms with Crippen LogP contribution in [0.2, 0.25) is 0 Å². The number of hydrogen-bond donors (Lipinski definition) is 2. The topological polar surface area (TPSA) is 97.7 Å². The van der Waals surface area contributed by atoms with Crippen molar-refractivity contribution in [3.8, 4) is 11.5 Å². The molecular weight excluding hydrogens is 303 g/mol. The van der Waals surface area contributed by atoms with Gasteiger partial charge in [-0.15, -0.1) is 0 Å². The third-order valence-corrected chi connectivity index (χ3v) is 3.71. The van der Waals surface area contributed by atoms with Gasteiger partial charge >= 0.3 is 29.6 Å². The van der Waals surface area contributed by atoms with E-state index in [1.165, 1.54) is 12.1 Å². The first kappa shape index (κ1) is 16.1. The third-order valence-electron chi connectivity index (χ3n) is 3.22. The van der Waals surface area contributed by atoms with Crippen LogP contribution in [0.15, 0.2) is 35.2 Å². The molecule has 100 valence electrons. The third kappa shape index (κ3) is 2.29. The Morgan fingerprint density at radius 3 is 2.05 bits per heavy atom. The van der Waals surface area contributed by atoms with Crippen molar-refractivity contribution >= 4 is 23.6 Å². The predicted molar refractivity (Wildman–Crippen MR) is 69.7 cm³/mol. The van der Waals surface area contributed by atoms with Crippen LogP contribution in [0, 0.1) is 0 Å². The number of ketones is 2. The van der Waals surface area contributed by atoms with E-state index in [1.807, 2.05) is 0 Å². The molecule has 0 saturated heterocycles. The molecule has 0 radical (unpaired) electrons. The molecular formula is C14H7NaO5S. The van der Waals surface area contributed by atoms with Crippen LogP contribution in [0.25, 0.3) is 0 Å². The van der Waals surface area contributed by atoms with Crippen molar-refractivity contribution in [1.82, 2.24) is 0 Å². The molecule has 2 aromatic rings. The van der Waals surface area contributed by atoms with Crippen LogP contribution < -0.4 is 29.6 Å². The summed E-state index contributed by atoms with van der Waals surface area (Å²) in [6.45, 7) is 0. The molecule has 0 unspecified atom stereocenters. The number of phenolic OH excluding ortho intramolecular Hbond substituents is 2. The Hall–Kier alpha value is -1.31. The Morgan fingerprint density at radius 2 is 1.48 bits per heavy atom. The zero-order valence-electron chi connectivity index (χ0n) is 10.9. The summed E-state index contributed by atoms with van der Waals surface area (Å²) in [6, 6.07) is 7.35. The van der Waals surface area contributed by atoms with Gasteiger partial charge in [0.05, 0.1) is 5.56 Å². The predicted octanol–water partition coefficient (Wildman–Crippen LogP) is -0.900. The van der Waals surface area contributed by atoms with Crippen LogP contribution in [-0.2, 0) is 0 Å². The Kier molecular flexibility index (Phi) is 4.46. The van der Waals surface area contributed by atoms with Crippen molar-refractivity contribution in [2.45, 2.75) is 4.90 Å². The van der Waals surface area contributed by atoms with Crippen molar-refractivity contribution in [3.05, 3.63) is 52.6 Å². The van der Waals surface area contributed by atoms with E-state index >= 15 is 0 Å². The maximum atomic E-state index is 12.3. The van der Waals surface area contributed by atoms with E-state index in [0.717, 1.165) is 6.07 Å². The maximum Gasteiger partial charge on any atom is 1.00 e. The summed E-state index contributed by atoms with van der Waals surface area (Å²) in [4.78, 5) is 24.5. The molecule has 0 saturated carbocycles. The number of rotatable bonds is 1.